The molecule has 1 unspecified atom stereocenters. The number of amides is 1. The number of fused-ring (bicyclic) bond motifs is 1. The van der Waals surface area contributed by atoms with E-state index in [1.165, 1.54) is 17.9 Å². The fourth-order valence-corrected chi connectivity index (χ4v) is 4.99. The number of halogens is 1. The molecule has 0 bridgehead atoms. The number of aliphatic hydroxyl groups is 1. The van der Waals surface area contributed by atoms with Crippen LogP contribution in [0.5, 0.6) is 0 Å². The van der Waals surface area contributed by atoms with Crippen LogP contribution in [0.2, 0.25) is 5.28 Å². The summed E-state index contributed by atoms with van der Waals surface area (Å²) in [6.07, 6.45) is 6.06. The first-order valence-corrected chi connectivity index (χ1v) is 13.2. The van der Waals surface area contributed by atoms with Crippen LogP contribution in [-0.2, 0) is 25.5 Å². The summed E-state index contributed by atoms with van der Waals surface area (Å²) in [5.74, 6) is 0.371. The lowest BCUT2D eigenvalue weighted by Gasteiger charge is -2.29. The van der Waals surface area contributed by atoms with Crippen LogP contribution in [0, 0.1) is 24.2 Å². The van der Waals surface area contributed by atoms with Crippen molar-refractivity contribution < 1.29 is 29.3 Å². The van der Waals surface area contributed by atoms with Crippen molar-refractivity contribution in [3.05, 3.63) is 47.5 Å². The lowest BCUT2D eigenvalue weighted by Crippen LogP contribution is -2.56. The van der Waals surface area contributed by atoms with Crippen molar-refractivity contribution in [1.29, 1.82) is 0 Å². The molecule has 40 heavy (non-hydrogen) atoms. The van der Waals surface area contributed by atoms with E-state index in [0.717, 1.165) is 19.4 Å². The van der Waals surface area contributed by atoms with E-state index in [1.807, 2.05) is 0 Å². The van der Waals surface area contributed by atoms with Gasteiger partial charge in [0.15, 0.2) is 23.2 Å². The van der Waals surface area contributed by atoms with Gasteiger partial charge >= 0.3 is 5.97 Å². The molecule has 1 aromatic carbocycles. The summed E-state index contributed by atoms with van der Waals surface area (Å²) in [6.45, 7) is 0.349. The molecular formula is C27H29ClN6O6. The van der Waals surface area contributed by atoms with Gasteiger partial charge in [0, 0.05) is 20.0 Å². The van der Waals surface area contributed by atoms with E-state index in [9.17, 15) is 19.8 Å². The molecule has 1 amide bonds. The third-order valence-corrected chi connectivity index (χ3v) is 7.39. The van der Waals surface area contributed by atoms with Crippen LogP contribution < -0.4 is 10.6 Å². The molecule has 4 N–H and O–H groups in total. The average Bonchev–Trinajstić information content (AvgIpc) is 3.61. The van der Waals surface area contributed by atoms with Crippen molar-refractivity contribution in [3.8, 4) is 12.3 Å². The monoisotopic (exact) mass is 568 g/mol. The predicted molar refractivity (Wildman–Crippen MR) is 144 cm³/mol. The summed E-state index contributed by atoms with van der Waals surface area (Å²) in [7, 11) is 1.33. The van der Waals surface area contributed by atoms with Crippen molar-refractivity contribution in [3.63, 3.8) is 0 Å². The number of hydrogen-bond donors (Lipinski definition) is 4. The number of carbonyl (C=O) groups is 2. The zero-order chi connectivity index (χ0) is 28.4. The maximum Gasteiger partial charge on any atom is 0.346 e. The van der Waals surface area contributed by atoms with Crippen LogP contribution in [-0.4, -0.2) is 79.6 Å². The smallest absolute Gasteiger partial charge is 0.346 e. The second-order valence-electron chi connectivity index (χ2n) is 9.92. The molecular weight excluding hydrogens is 540 g/mol. The standard InChI is InChI=1S/C27H29ClN6O6/c1-3-17-18(13-39-27(25(37)38,24(36)29-2)11-15-7-5-4-6-8-15)40-23(20(17)35)34-14-31-19-21(30-12-16-9-10-16)32-26(28)33-22(19)34/h1,4-8,14,16-18,20,23,35H,9-13H2,2H3,(H,29,36)(H,37,38)(H,30,32,33)/t17-,18+,20+,23+,27?/m0/s1. The minimum absolute atomic E-state index is 0.00820. The quantitative estimate of drug-likeness (QED) is 0.152. The van der Waals surface area contributed by atoms with E-state index >= 15 is 0 Å². The molecule has 5 atom stereocenters. The van der Waals surface area contributed by atoms with Crippen LogP contribution in [0.25, 0.3) is 11.2 Å². The first-order chi connectivity index (χ1) is 19.3. The summed E-state index contributed by atoms with van der Waals surface area (Å²) in [5.41, 5.74) is -0.898. The van der Waals surface area contributed by atoms with Crippen molar-refractivity contribution in [1.82, 2.24) is 24.8 Å². The minimum Gasteiger partial charge on any atom is -0.479 e. The number of nitrogens with zero attached hydrogens (tertiary/aromatic N) is 4. The Kier molecular flexibility index (Phi) is 7.91. The summed E-state index contributed by atoms with van der Waals surface area (Å²) < 4.78 is 13.5. The Labute approximate surface area is 235 Å². The third-order valence-electron chi connectivity index (χ3n) is 7.22. The lowest BCUT2D eigenvalue weighted by molar-refractivity contribution is -0.179. The van der Waals surface area contributed by atoms with E-state index < -0.39 is 41.8 Å². The van der Waals surface area contributed by atoms with Crippen LogP contribution in [0.4, 0.5) is 5.82 Å². The van der Waals surface area contributed by atoms with Gasteiger partial charge in [0.2, 0.25) is 10.9 Å². The molecule has 2 aromatic heterocycles. The van der Waals surface area contributed by atoms with Gasteiger partial charge in [-0.1, -0.05) is 36.3 Å². The van der Waals surface area contributed by atoms with Gasteiger partial charge in [-0.15, -0.1) is 6.42 Å². The van der Waals surface area contributed by atoms with Gasteiger partial charge in [-0.2, -0.15) is 9.97 Å². The number of anilines is 1. The van der Waals surface area contributed by atoms with Gasteiger partial charge in [-0.25, -0.2) is 9.78 Å². The Bertz CT molecular complexity index is 1440. The Hall–Kier alpha value is -3.76. The number of carbonyl (C=O) groups excluding carboxylic acids is 1. The van der Waals surface area contributed by atoms with Crippen molar-refractivity contribution in [2.75, 3.05) is 25.5 Å². The number of rotatable bonds is 11. The highest BCUT2D eigenvalue weighted by molar-refractivity contribution is 6.28. The largest absolute Gasteiger partial charge is 0.479 e. The maximum absolute atomic E-state index is 12.9. The first-order valence-electron chi connectivity index (χ1n) is 12.8. The van der Waals surface area contributed by atoms with Crippen molar-refractivity contribution >= 4 is 40.5 Å². The van der Waals surface area contributed by atoms with Gasteiger partial charge in [0.1, 0.15) is 12.2 Å². The van der Waals surface area contributed by atoms with Gasteiger partial charge in [-0.3, -0.25) is 9.36 Å². The number of hydrogen-bond acceptors (Lipinski definition) is 9. The second-order valence-corrected chi connectivity index (χ2v) is 10.3. The third kappa shape index (κ3) is 5.33. The number of aromatic nitrogens is 4. The molecule has 210 valence electrons. The molecule has 5 rings (SSSR count). The van der Waals surface area contributed by atoms with Gasteiger partial charge < -0.3 is 30.3 Å². The number of carboxylic acid groups (broad SMARTS) is 1. The minimum atomic E-state index is -2.26. The number of carboxylic acids is 1. The predicted octanol–water partition coefficient (Wildman–Crippen LogP) is 1.64. The van der Waals surface area contributed by atoms with E-state index in [-0.39, 0.29) is 18.3 Å². The van der Waals surface area contributed by atoms with E-state index in [0.29, 0.717) is 28.5 Å². The molecule has 13 heteroatoms. The molecule has 2 aliphatic rings. The molecule has 0 radical (unpaired) electrons. The molecule has 3 heterocycles. The average molecular weight is 569 g/mol. The highest BCUT2D eigenvalue weighted by Gasteiger charge is 2.51. The zero-order valence-corrected chi connectivity index (χ0v) is 22.4. The molecule has 1 saturated carbocycles. The Morgan fingerprint density at radius 2 is 2.05 bits per heavy atom. The van der Waals surface area contributed by atoms with Crippen LogP contribution >= 0.6 is 11.6 Å². The van der Waals surface area contributed by atoms with Crippen LogP contribution in [0.3, 0.4) is 0 Å². The Morgan fingerprint density at radius 1 is 1.30 bits per heavy atom. The van der Waals surface area contributed by atoms with Gasteiger partial charge in [0.25, 0.3) is 5.91 Å². The first kappa shape index (κ1) is 27.8. The Balaban J connectivity index is 1.40. The topological polar surface area (TPSA) is 161 Å². The summed E-state index contributed by atoms with van der Waals surface area (Å²) >= 11 is 6.20. The highest BCUT2D eigenvalue weighted by Crippen LogP contribution is 2.37. The number of ether oxygens (including phenoxy) is 2. The number of nitrogens with one attached hydrogen (secondary N) is 2. The SMILES string of the molecule is C#C[C@@H]1[C@@H](O)[C@H](n2cnc3c(NCC4CC4)nc(Cl)nc32)O[C@@H]1COC(Cc1ccccc1)(C(=O)O)C(=O)NC. The summed E-state index contributed by atoms with van der Waals surface area (Å²) in [6, 6.07) is 8.65. The number of benzene rings is 1. The molecule has 1 saturated heterocycles. The van der Waals surface area contributed by atoms with E-state index in [4.69, 9.17) is 27.5 Å². The Morgan fingerprint density at radius 3 is 2.70 bits per heavy atom. The zero-order valence-electron chi connectivity index (χ0n) is 21.7. The highest BCUT2D eigenvalue weighted by atomic mass is 35.5. The molecule has 1 aliphatic carbocycles. The van der Waals surface area contributed by atoms with Gasteiger partial charge in [0.05, 0.1) is 18.9 Å². The molecule has 0 spiro atoms. The molecule has 12 nitrogen and oxygen atoms in total. The maximum atomic E-state index is 12.9. The lowest BCUT2D eigenvalue weighted by atomic mass is 9.92. The van der Waals surface area contributed by atoms with Crippen molar-refractivity contribution in [2.24, 2.45) is 11.8 Å². The van der Waals surface area contributed by atoms with E-state index in [2.05, 4.69) is 31.5 Å². The van der Waals surface area contributed by atoms with Crippen molar-refractivity contribution in [2.45, 2.75) is 43.3 Å². The number of aliphatic carboxylic acids is 1. The number of likely N-dealkylation sites (N-methyl/N-ethyl adjacent to an activating group) is 1. The van der Waals surface area contributed by atoms with Gasteiger partial charge in [-0.05, 0) is 35.9 Å². The fraction of sp³-hybridized carbons (Fsp3) is 0.444. The summed E-state index contributed by atoms with van der Waals surface area (Å²) in [4.78, 5) is 38.3. The fourth-order valence-electron chi connectivity index (χ4n) is 4.82. The molecule has 3 aromatic rings. The molecule has 2 fully saturated rings. The van der Waals surface area contributed by atoms with E-state index in [1.54, 1.807) is 30.3 Å². The second kappa shape index (κ2) is 11.4. The number of terminal acetylenes is 1. The van der Waals surface area contributed by atoms with Crippen LogP contribution in [0.15, 0.2) is 36.7 Å². The van der Waals surface area contributed by atoms with Crippen LogP contribution in [0.1, 0.15) is 24.6 Å². The number of imidazole rings is 1. The number of aliphatic hydroxyl groups excluding tert-OH is 1. The molecule has 1 aliphatic heterocycles. The summed E-state index contributed by atoms with van der Waals surface area (Å²) in [5, 5.41) is 26.9. The normalized spacial score (nSPS) is 23.9.